The largest absolute Gasteiger partial charge is 0.339 e. The van der Waals surface area contributed by atoms with Gasteiger partial charge in [-0.2, -0.15) is 0 Å². The van der Waals surface area contributed by atoms with Crippen molar-refractivity contribution in [2.24, 2.45) is 0 Å². The fourth-order valence-corrected chi connectivity index (χ4v) is 4.64. The van der Waals surface area contributed by atoms with Crippen molar-refractivity contribution in [3.63, 3.8) is 0 Å². The van der Waals surface area contributed by atoms with Gasteiger partial charge in [0.05, 0.1) is 10.6 Å². The van der Waals surface area contributed by atoms with Crippen LogP contribution >= 0.6 is 12.4 Å². The first-order valence-electron chi connectivity index (χ1n) is 8.83. The van der Waals surface area contributed by atoms with Crippen molar-refractivity contribution < 1.29 is 13.2 Å². The summed E-state index contributed by atoms with van der Waals surface area (Å²) in [5.74, 6) is -0.171. The molecule has 1 fully saturated rings. The van der Waals surface area contributed by atoms with E-state index in [0.29, 0.717) is 24.7 Å². The van der Waals surface area contributed by atoms with Gasteiger partial charge in [-0.1, -0.05) is 36.4 Å². The van der Waals surface area contributed by atoms with Gasteiger partial charge in [-0.15, -0.1) is 12.4 Å². The van der Waals surface area contributed by atoms with Crippen LogP contribution in [0.2, 0.25) is 0 Å². The molecule has 146 valence electrons. The molecule has 0 atom stereocenters. The molecule has 1 N–H and O–H groups in total. The Morgan fingerprint density at radius 2 is 1.74 bits per heavy atom. The Labute approximate surface area is 167 Å². The molecule has 0 unspecified atom stereocenters. The maximum atomic E-state index is 12.7. The predicted molar refractivity (Wildman–Crippen MR) is 109 cm³/mol. The zero-order chi connectivity index (χ0) is 18.6. The van der Waals surface area contributed by atoms with E-state index in [-0.39, 0.29) is 29.0 Å². The summed E-state index contributed by atoms with van der Waals surface area (Å²) in [7, 11) is -1.56. The van der Waals surface area contributed by atoms with Crippen molar-refractivity contribution in [3.8, 4) is 0 Å². The van der Waals surface area contributed by atoms with Gasteiger partial charge in [0.15, 0.2) is 9.84 Å². The molecule has 27 heavy (non-hydrogen) atoms. The highest BCUT2D eigenvalue weighted by Gasteiger charge is 2.24. The van der Waals surface area contributed by atoms with Crippen molar-refractivity contribution in [3.05, 3.63) is 65.7 Å². The van der Waals surface area contributed by atoms with Crippen molar-refractivity contribution >= 4 is 28.2 Å². The van der Waals surface area contributed by atoms with Gasteiger partial charge in [-0.25, -0.2) is 8.42 Å². The van der Waals surface area contributed by atoms with Gasteiger partial charge in [0.1, 0.15) is 0 Å². The molecule has 1 heterocycles. The number of halogens is 1. The molecule has 3 rings (SSSR count). The number of rotatable bonds is 5. The summed E-state index contributed by atoms with van der Waals surface area (Å²) in [6.45, 7) is 1.37. The van der Waals surface area contributed by atoms with Gasteiger partial charge in [0.2, 0.25) is 0 Å². The minimum Gasteiger partial charge on any atom is -0.339 e. The van der Waals surface area contributed by atoms with Gasteiger partial charge in [-0.3, -0.25) is 4.79 Å². The molecule has 0 aromatic heterocycles. The average molecular weight is 409 g/mol. The molecule has 0 saturated carbocycles. The van der Waals surface area contributed by atoms with E-state index < -0.39 is 9.84 Å². The van der Waals surface area contributed by atoms with E-state index >= 15 is 0 Å². The molecule has 1 amide bonds. The molecule has 0 spiro atoms. The molecular formula is C20H25ClN2O3S. The minimum atomic E-state index is -3.49. The van der Waals surface area contributed by atoms with Crippen molar-refractivity contribution in [2.45, 2.75) is 29.5 Å². The van der Waals surface area contributed by atoms with Crippen LogP contribution < -0.4 is 5.32 Å². The van der Waals surface area contributed by atoms with Gasteiger partial charge in [0.25, 0.3) is 5.91 Å². The second-order valence-electron chi connectivity index (χ2n) is 6.63. The molecule has 0 bridgehead atoms. The number of hydrogen-bond donors (Lipinski definition) is 1. The standard InChI is InChI=1S/C20H24N2O3S.ClH/c1-21-18-10-12-22(13-11-18)20(23)17-8-5-9-19(14-17)26(24,25)15-16-6-3-2-4-7-16;/h2-9,14,18,21H,10-13,15H2,1H3;1H. The second kappa shape index (κ2) is 9.35. The van der Waals surface area contributed by atoms with E-state index in [1.165, 1.54) is 6.07 Å². The van der Waals surface area contributed by atoms with Crippen LogP contribution in [-0.2, 0) is 15.6 Å². The maximum Gasteiger partial charge on any atom is 0.253 e. The molecule has 0 radical (unpaired) electrons. The van der Waals surface area contributed by atoms with Crippen LogP contribution in [0.4, 0.5) is 0 Å². The van der Waals surface area contributed by atoms with E-state index in [0.717, 1.165) is 18.4 Å². The first-order valence-corrected chi connectivity index (χ1v) is 10.5. The number of carbonyl (C=O) groups excluding carboxylic acids is 1. The van der Waals surface area contributed by atoms with Crippen LogP contribution in [0.1, 0.15) is 28.8 Å². The molecule has 5 nitrogen and oxygen atoms in total. The van der Waals surface area contributed by atoms with E-state index in [1.54, 1.807) is 35.2 Å². The van der Waals surface area contributed by atoms with Gasteiger partial charge in [0, 0.05) is 24.7 Å². The average Bonchev–Trinajstić information content (AvgIpc) is 2.68. The fourth-order valence-electron chi connectivity index (χ4n) is 3.25. The lowest BCUT2D eigenvalue weighted by Crippen LogP contribution is -2.43. The summed E-state index contributed by atoms with van der Waals surface area (Å²) in [6, 6.07) is 15.9. The predicted octanol–water partition coefficient (Wildman–Crippen LogP) is 2.91. The first-order chi connectivity index (χ1) is 12.5. The third-order valence-electron chi connectivity index (χ3n) is 4.83. The number of piperidine rings is 1. The van der Waals surface area contributed by atoms with Gasteiger partial charge >= 0.3 is 0 Å². The molecule has 1 saturated heterocycles. The molecule has 0 aliphatic carbocycles. The summed E-state index contributed by atoms with van der Waals surface area (Å²) >= 11 is 0. The summed E-state index contributed by atoms with van der Waals surface area (Å²) < 4.78 is 25.4. The lowest BCUT2D eigenvalue weighted by atomic mass is 10.0. The molecule has 2 aromatic rings. The molecule has 2 aromatic carbocycles. The minimum absolute atomic E-state index is 0. The highest BCUT2D eigenvalue weighted by Crippen LogP contribution is 2.20. The quantitative estimate of drug-likeness (QED) is 0.826. The summed E-state index contributed by atoms with van der Waals surface area (Å²) in [5, 5.41) is 3.24. The highest BCUT2D eigenvalue weighted by molar-refractivity contribution is 7.90. The van der Waals surface area contributed by atoms with Crippen LogP contribution in [0.15, 0.2) is 59.5 Å². The number of benzene rings is 2. The van der Waals surface area contributed by atoms with Crippen LogP contribution in [0.5, 0.6) is 0 Å². The summed E-state index contributed by atoms with van der Waals surface area (Å²) in [4.78, 5) is 14.7. The van der Waals surface area contributed by atoms with Crippen LogP contribution in [0, 0.1) is 0 Å². The van der Waals surface area contributed by atoms with Gasteiger partial charge in [-0.05, 0) is 43.7 Å². The number of nitrogens with one attached hydrogen (secondary N) is 1. The Bertz CT molecular complexity index is 864. The zero-order valence-corrected chi connectivity index (χ0v) is 16.9. The SMILES string of the molecule is CNC1CCN(C(=O)c2cccc(S(=O)(=O)Cc3ccccc3)c2)CC1.Cl. The van der Waals surface area contributed by atoms with E-state index in [1.807, 2.05) is 25.2 Å². The Morgan fingerprint density at radius 3 is 2.37 bits per heavy atom. The molecule has 1 aliphatic heterocycles. The summed E-state index contributed by atoms with van der Waals surface area (Å²) in [6.07, 6.45) is 1.82. The zero-order valence-electron chi connectivity index (χ0n) is 15.3. The van der Waals surface area contributed by atoms with Crippen molar-refractivity contribution in [1.82, 2.24) is 10.2 Å². The first kappa shape index (κ1) is 21.4. The van der Waals surface area contributed by atoms with Crippen LogP contribution in [-0.4, -0.2) is 45.4 Å². The maximum absolute atomic E-state index is 12.7. The number of nitrogens with zero attached hydrogens (tertiary/aromatic N) is 1. The van der Waals surface area contributed by atoms with Gasteiger partial charge < -0.3 is 10.2 Å². The Balaban J connectivity index is 0.00000261. The van der Waals surface area contributed by atoms with Crippen molar-refractivity contribution in [2.75, 3.05) is 20.1 Å². The van der Waals surface area contributed by atoms with Crippen LogP contribution in [0.25, 0.3) is 0 Å². The Hall–Kier alpha value is -1.89. The van der Waals surface area contributed by atoms with Crippen molar-refractivity contribution in [1.29, 1.82) is 0 Å². The highest BCUT2D eigenvalue weighted by atomic mass is 35.5. The lowest BCUT2D eigenvalue weighted by molar-refractivity contribution is 0.0707. The summed E-state index contributed by atoms with van der Waals surface area (Å²) in [5.41, 5.74) is 1.17. The van der Waals surface area contributed by atoms with E-state index in [9.17, 15) is 13.2 Å². The number of carbonyl (C=O) groups is 1. The molecule has 7 heteroatoms. The Morgan fingerprint density at radius 1 is 1.07 bits per heavy atom. The Kier molecular flexibility index (Phi) is 7.41. The normalized spacial score (nSPS) is 15.2. The van der Waals surface area contributed by atoms with E-state index in [4.69, 9.17) is 0 Å². The topological polar surface area (TPSA) is 66.5 Å². The third kappa shape index (κ3) is 5.31. The monoisotopic (exact) mass is 408 g/mol. The van der Waals surface area contributed by atoms with E-state index in [2.05, 4.69) is 5.32 Å². The number of hydrogen-bond acceptors (Lipinski definition) is 4. The fraction of sp³-hybridized carbons (Fsp3) is 0.350. The van der Waals surface area contributed by atoms with Crippen LogP contribution in [0.3, 0.4) is 0 Å². The number of amides is 1. The lowest BCUT2D eigenvalue weighted by Gasteiger charge is -2.31. The number of sulfone groups is 1. The smallest absolute Gasteiger partial charge is 0.253 e. The second-order valence-corrected chi connectivity index (χ2v) is 8.62. The number of likely N-dealkylation sites (tertiary alicyclic amines) is 1. The third-order valence-corrected chi connectivity index (χ3v) is 6.52. The molecule has 1 aliphatic rings. The molecular weight excluding hydrogens is 384 g/mol.